The summed E-state index contributed by atoms with van der Waals surface area (Å²) < 4.78 is 17.1. The Balaban J connectivity index is 0.000000817. The van der Waals surface area contributed by atoms with E-state index in [-0.39, 0.29) is 10.9 Å². The van der Waals surface area contributed by atoms with E-state index in [1.165, 1.54) is 0 Å². The molecule has 0 unspecified atom stereocenters. The molecule has 0 bridgehead atoms. The maximum atomic E-state index is 5.84. The summed E-state index contributed by atoms with van der Waals surface area (Å²) in [6.45, 7) is 1.81. The Hall–Kier alpha value is -1.70. The average molecular weight is 407 g/mol. The molecule has 0 aliphatic carbocycles. The van der Waals surface area contributed by atoms with Crippen molar-refractivity contribution in [2.24, 2.45) is 0 Å². The van der Waals surface area contributed by atoms with Crippen LogP contribution < -0.4 is 4.74 Å². The van der Waals surface area contributed by atoms with E-state index in [1.54, 1.807) is 7.11 Å². The Morgan fingerprint density at radius 3 is 2.41 bits per heavy atom. The van der Waals surface area contributed by atoms with Gasteiger partial charge in [0.25, 0.3) is 0 Å². The largest absolute Gasteiger partial charge is 0.481 e. The third kappa shape index (κ3) is 6.75. The molecule has 0 amide bonds. The first kappa shape index (κ1) is 21.6. The summed E-state index contributed by atoms with van der Waals surface area (Å²) in [4.78, 5) is 0. The van der Waals surface area contributed by atoms with Crippen LogP contribution in [0.2, 0.25) is 0 Å². The molecule has 3 rings (SSSR count). The highest BCUT2D eigenvalue weighted by Crippen LogP contribution is 2.36. The highest BCUT2D eigenvalue weighted by molar-refractivity contribution is 6.40. The number of alkyl halides is 2. The molecule has 27 heavy (non-hydrogen) atoms. The second kappa shape index (κ2) is 11.9. The molecule has 0 radical (unpaired) electrons. The van der Waals surface area contributed by atoms with Gasteiger partial charge in [-0.1, -0.05) is 42.2 Å². The van der Waals surface area contributed by atoms with Crippen LogP contribution in [-0.4, -0.2) is 32.3 Å². The number of hydrogen-bond acceptors (Lipinski definition) is 3. The van der Waals surface area contributed by atoms with E-state index in [2.05, 4.69) is 24.0 Å². The molecule has 0 spiro atoms. The van der Waals surface area contributed by atoms with E-state index in [0.717, 1.165) is 42.9 Å². The zero-order chi connectivity index (χ0) is 19.4. The zero-order valence-electron chi connectivity index (χ0n) is 15.4. The van der Waals surface area contributed by atoms with E-state index in [9.17, 15) is 0 Å². The normalized spacial score (nSPS) is 14.9. The number of halogens is 2. The van der Waals surface area contributed by atoms with Gasteiger partial charge < -0.3 is 14.2 Å². The highest BCUT2D eigenvalue weighted by Gasteiger charge is 2.34. The summed E-state index contributed by atoms with van der Waals surface area (Å²) in [7, 11) is 1.77. The maximum Gasteiger partial charge on any atom is 0.149 e. The third-order valence-electron chi connectivity index (χ3n) is 4.37. The van der Waals surface area contributed by atoms with Gasteiger partial charge in [0.1, 0.15) is 12.4 Å². The van der Waals surface area contributed by atoms with E-state index in [4.69, 9.17) is 37.4 Å². The summed E-state index contributed by atoms with van der Waals surface area (Å²) in [6, 6.07) is 18.0. The quantitative estimate of drug-likeness (QED) is 0.516. The van der Waals surface area contributed by atoms with E-state index in [0.29, 0.717) is 6.61 Å². The van der Waals surface area contributed by atoms with Crippen LogP contribution in [0.15, 0.2) is 54.6 Å². The minimum atomic E-state index is -0.270. The number of methoxy groups -OCH3 is 1. The molecule has 1 saturated heterocycles. The summed E-state index contributed by atoms with van der Waals surface area (Å²) in [6.07, 6.45) is 1.72. The van der Waals surface area contributed by atoms with Gasteiger partial charge in [0.05, 0.1) is 10.9 Å². The van der Waals surface area contributed by atoms with Gasteiger partial charge in [0, 0.05) is 38.7 Å². The minimum Gasteiger partial charge on any atom is -0.481 e. The van der Waals surface area contributed by atoms with Crippen molar-refractivity contribution in [3.63, 3.8) is 0 Å². The van der Waals surface area contributed by atoms with Gasteiger partial charge in [0.2, 0.25) is 0 Å². The number of rotatable bonds is 4. The van der Waals surface area contributed by atoms with Crippen LogP contribution in [0.5, 0.6) is 5.75 Å². The van der Waals surface area contributed by atoms with Crippen LogP contribution in [0.1, 0.15) is 24.0 Å². The van der Waals surface area contributed by atoms with Crippen LogP contribution in [0.25, 0.3) is 0 Å². The van der Waals surface area contributed by atoms with E-state index >= 15 is 0 Å². The van der Waals surface area contributed by atoms with Crippen LogP contribution in [-0.2, 0) is 15.1 Å². The number of ether oxygens (including phenoxy) is 3. The second-order valence-corrected chi connectivity index (χ2v) is 6.70. The Morgan fingerprint density at radius 2 is 1.74 bits per heavy atom. The highest BCUT2D eigenvalue weighted by atomic mass is 35.5. The predicted molar refractivity (Wildman–Crippen MR) is 111 cm³/mol. The predicted octanol–water partition coefficient (Wildman–Crippen LogP) is 5.19. The molecule has 144 valence electrons. The lowest BCUT2D eigenvalue weighted by Gasteiger charge is -2.36. The lowest BCUT2D eigenvalue weighted by Crippen LogP contribution is -2.35. The SMILES string of the molecule is COC1(c2cccc(OCC#Cc3ccccc3)c2)CCOCC1.ClCCl. The first-order chi connectivity index (χ1) is 13.2. The van der Waals surface area contributed by atoms with Gasteiger partial charge in [-0.15, -0.1) is 23.2 Å². The summed E-state index contributed by atoms with van der Waals surface area (Å²) in [5.41, 5.74) is 1.87. The number of benzene rings is 2. The summed E-state index contributed by atoms with van der Waals surface area (Å²) in [5, 5.41) is 0.194. The lowest BCUT2D eigenvalue weighted by atomic mass is 9.86. The second-order valence-electron chi connectivity index (χ2n) is 5.90. The van der Waals surface area contributed by atoms with Crippen LogP contribution in [0.3, 0.4) is 0 Å². The zero-order valence-corrected chi connectivity index (χ0v) is 16.9. The van der Waals surface area contributed by atoms with Crippen LogP contribution in [0.4, 0.5) is 0 Å². The fourth-order valence-electron chi connectivity index (χ4n) is 2.96. The van der Waals surface area contributed by atoms with Crippen molar-refractivity contribution in [1.82, 2.24) is 0 Å². The smallest absolute Gasteiger partial charge is 0.149 e. The van der Waals surface area contributed by atoms with Gasteiger partial charge in [-0.25, -0.2) is 0 Å². The molecule has 1 fully saturated rings. The van der Waals surface area contributed by atoms with Gasteiger partial charge in [-0.2, -0.15) is 0 Å². The summed E-state index contributed by atoms with van der Waals surface area (Å²) in [5.74, 6) is 6.96. The molecule has 1 aliphatic heterocycles. The van der Waals surface area contributed by atoms with Gasteiger partial charge in [-0.05, 0) is 29.8 Å². The molecular formula is C22H24Cl2O3. The standard InChI is InChI=1S/C21H22O3.CH2Cl2/c1-22-21(12-15-23-16-13-21)19-10-5-11-20(17-19)24-14-6-9-18-7-3-2-4-8-18;2-1-3/h2-5,7-8,10-11,17H,12-16H2,1H3;1H2. The van der Waals surface area contributed by atoms with Crippen molar-refractivity contribution in [3.8, 4) is 17.6 Å². The van der Waals surface area contributed by atoms with E-state index in [1.807, 2.05) is 42.5 Å². The molecule has 1 aliphatic rings. The average Bonchev–Trinajstić information content (AvgIpc) is 2.73. The van der Waals surface area contributed by atoms with Crippen molar-refractivity contribution in [2.45, 2.75) is 18.4 Å². The van der Waals surface area contributed by atoms with Crippen molar-refractivity contribution in [2.75, 3.05) is 32.3 Å². The van der Waals surface area contributed by atoms with Crippen LogP contribution in [0, 0.1) is 11.8 Å². The molecule has 2 aromatic rings. The van der Waals surface area contributed by atoms with Crippen LogP contribution >= 0.6 is 23.2 Å². The van der Waals surface area contributed by atoms with Gasteiger partial charge in [-0.3, -0.25) is 0 Å². The first-order valence-electron chi connectivity index (χ1n) is 8.76. The topological polar surface area (TPSA) is 27.7 Å². The summed E-state index contributed by atoms with van der Waals surface area (Å²) >= 11 is 9.53. The van der Waals surface area contributed by atoms with E-state index < -0.39 is 0 Å². The fraction of sp³-hybridized carbons (Fsp3) is 0.364. The molecule has 0 atom stereocenters. The lowest BCUT2D eigenvalue weighted by molar-refractivity contribution is -0.0948. The van der Waals surface area contributed by atoms with Crippen molar-refractivity contribution in [3.05, 3.63) is 65.7 Å². The maximum absolute atomic E-state index is 5.84. The van der Waals surface area contributed by atoms with Crippen molar-refractivity contribution in [1.29, 1.82) is 0 Å². The fourth-order valence-corrected chi connectivity index (χ4v) is 2.96. The Morgan fingerprint density at radius 1 is 1.04 bits per heavy atom. The molecule has 0 N–H and O–H groups in total. The van der Waals surface area contributed by atoms with Crippen molar-refractivity contribution >= 4 is 23.2 Å². The monoisotopic (exact) mass is 406 g/mol. The Bertz CT molecular complexity index is 732. The molecular weight excluding hydrogens is 383 g/mol. The Labute approximate surface area is 171 Å². The molecule has 0 aromatic heterocycles. The van der Waals surface area contributed by atoms with Crippen molar-refractivity contribution < 1.29 is 14.2 Å². The molecule has 3 nitrogen and oxygen atoms in total. The molecule has 1 heterocycles. The van der Waals surface area contributed by atoms with Gasteiger partial charge >= 0.3 is 0 Å². The third-order valence-corrected chi connectivity index (χ3v) is 4.37. The molecule has 5 heteroatoms. The first-order valence-corrected chi connectivity index (χ1v) is 9.83. The molecule has 0 saturated carbocycles. The Kier molecular flexibility index (Phi) is 9.52. The number of hydrogen-bond donors (Lipinski definition) is 0. The molecule has 2 aromatic carbocycles. The minimum absolute atomic E-state index is 0.194. The van der Waals surface area contributed by atoms with Gasteiger partial charge in [0.15, 0.2) is 0 Å².